The molecule has 11 nitrogen and oxygen atoms in total. The fourth-order valence-corrected chi connectivity index (χ4v) is 6.63. The SMILES string of the molecule is CCOC(=O)c1c(Cc2ncn[nH]2)nc2sc3c(c2c1-c1ccc(OC)c(OC)c1)CN(C(=O)OCc1ccccc1)CC3. The fraction of sp³-hybridized carbons (Fsp3) is 0.281. The van der Waals surface area contributed by atoms with E-state index >= 15 is 0 Å². The summed E-state index contributed by atoms with van der Waals surface area (Å²) in [6.45, 7) is 2.96. The maximum absolute atomic E-state index is 13.7. The molecule has 1 N–H and O–H groups in total. The van der Waals surface area contributed by atoms with Gasteiger partial charge in [-0.25, -0.2) is 19.6 Å². The van der Waals surface area contributed by atoms with E-state index in [0.717, 1.165) is 31.8 Å². The highest BCUT2D eigenvalue weighted by molar-refractivity contribution is 7.19. The van der Waals surface area contributed by atoms with E-state index in [1.165, 1.54) is 6.33 Å². The van der Waals surface area contributed by atoms with Gasteiger partial charge in [-0.2, -0.15) is 5.10 Å². The van der Waals surface area contributed by atoms with Crippen molar-refractivity contribution in [2.75, 3.05) is 27.4 Å². The van der Waals surface area contributed by atoms with E-state index in [4.69, 9.17) is 23.9 Å². The Bertz CT molecular complexity index is 1810. The number of aromatic amines is 1. The number of carbonyl (C=O) groups is 2. The molecule has 1 aliphatic rings. The number of ether oxygens (including phenoxy) is 4. The molecule has 4 heterocycles. The molecule has 44 heavy (non-hydrogen) atoms. The minimum atomic E-state index is -0.504. The van der Waals surface area contributed by atoms with Gasteiger partial charge in [-0.15, -0.1) is 11.3 Å². The maximum Gasteiger partial charge on any atom is 0.410 e. The molecular formula is C32H31N5O6S. The molecule has 1 aliphatic heterocycles. The Balaban J connectivity index is 1.50. The number of H-pyrrole nitrogens is 1. The number of rotatable bonds is 9. The highest BCUT2D eigenvalue weighted by Gasteiger charge is 2.32. The van der Waals surface area contributed by atoms with Gasteiger partial charge in [0.1, 0.15) is 23.6 Å². The van der Waals surface area contributed by atoms with Gasteiger partial charge in [0.15, 0.2) is 11.5 Å². The molecule has 0 fully saturated rings. The third-order valence-electron chi connectivity index (χ3n) is 7.47. The number of carbonyl (C=O) groups excluding carboxylic acids is 2. The van der Waals surface area contributed by atoms with E-state index in [1.807, 2.05) is 42.5 Å². The number of fused-ring (bicyclic) bond motifs is 3. The lowest BCUT2D eigenvalue weighted by molar-refractivity contribution is 0.0525. The van der Waals surface area contributed by atoms with E-state index < -0.39 is 12.1 Å². The van der Waals surface area contributed by atoms with Gasteiger partial charge in [-0.05, 0) is 42.2 Å². The highest BCUT2D eigenvalue weighted by Crippen LogP contribution is 2.45. The summed E-state index contributed by atoms with van der Waals surface area (Å²) in [5.41, 5.74) is 4.06. The van der Waals surface area contributed by atoms with E-state index in [2.05, 4.69) is 15.2 Å². The van der Waals surface area contributed by atoms with Gasteiger partial charge < -0.3 is 23.8 Å². The number of hydrogen-bond acceptors (Lipinski definition) is 10. The van der Waals surface area contributed by atoms with Crippen LogP contribution in [-0.4, -0.2) is 64.5 Å². The van der Waals surface area contributed by atoms with Crippen molar-refractivity contribution >= 4 is 33.6 Å². The normalized spacial score (nSPS) is 12.6. The second-order valence-corrected chi connectivity index (χ2v) is 11.2. The Morgan fingerprint density at radius 2 is 1.86 bits per heavy atom. The average Bonchev–Trinajstić information content (AvgIpc) is 3.70. The second kappa shape index (κ2) is 12.7. The Kier molecular flexibility index (Phi) is 8.42. The maximum atomic E-state index is 13.7. The van der Waals surface area contributed by atoms with Crippen molar-refractivity contribution in [1.29, 1.82) is 0 Å². The van der Waals surface area contributed by atoms with Crippen LogP contribution in [0, 0.1) is 0 Å². The predicted octanol–water partition coefficient (Wildman–Crippen LogP) is 5.56. The molecular weight excluding hydrogens is 582 g/mol. The molecule has 226 valence electrons. The minimum Gasteiger partial charge on any atom is -0.493 e. The zero-order chi connectivity index (χ0) is 30.6. The standard InChI is InChI=1S/C32H31N5O6S/c1-4-42-31(38)29-22(15-26-33-18-34-36-26)35-30-28(27(29)20-10-11-23(40-2)24(14-20)41-3)21-16-37(13-12-25(21)44-30)32(39)43-17-19-8-6-5-7-9-19/h5-11,14,18H,4,12-13,15-17H2,1-3H3,(H,33,34,36). The zero-order valence-electron chi connectivity index (χ0n) is 24.6. The van der Waals surface area contributed by atoms with Crippen LogP contribution >= 0.6 is 11.3 Å². The van der Waals surface area contributed by atoms with E-state index in [9.17, 15) is 9.59 Å². The fourth-order valence-electron chi connectivity index (χ4n) is 5.43. The molecule has 0 bridgehead atoms. The van der Waals surface area contributed by atoms with Crippen LogP contribution in [0.3, 0.4) is 0 Å². The van der Waals surface area contributed by atoms with Gasteiger partial charge in [0, 0.05) is 22.4 Å². The highest BCUT2D eigenvalue weighted by atomic mass is 32.1. The van der Waals surface area contributed by atoms with Crippen molar-refractivity contribution in [2.24, 2.45) is 0 Å². The Morgan fingerprint density at radius 1 is 1.05 bits per heavy atom. The largest absolute Gasteiger partial charge is 0.493 e. The molecule has 2 aromatic carbocycles. The first-order chi connectivity index (χ1) is 21.5. The average molecular weight is 614 g/mol. The zero-order valence-corrected chi connectivity index (χ0v) is 25.4. The van der Waals surface area contributed by atoms with Crippen molar-refractivity contribution in [3.05, 3.63) is 87.9 Å². The number of nitrogens with zero attached hydrogens (tertiary/aromatic N) is 4. The molecule has 5 aromatic rings. The van der Waals surface area contributed by atoms with Crippen LogP contribution in [0.5, 0.6) is 11.5 Å². The molecule has 0 spiro atoms. The minimum absolute atomic E-state index is 0.184. The number of hydrogen-bond donors (Lipinski definition) is 1. The number of pyridine rings is 1. The van der Waals surface area contributed by atoms with Crippen molar-refractivity contribution in [3.8, 4) is 22.6 Å². The lowest BCUT2D eigenvalue weighted by Gasteiger charge is -2.27. The van der Waals surface area contributed by atoms with Crippen LogP contribution in [0.25, 0.3) is 21.3 Å². The van der Waals surface area contributed by atoms with Crippen molar-refractivity contribution in [1.82, 2.24) is 25.1 Å². The van der Waals surface area contributed by atoms with Crippen molar-refractivity contribution in [2.45, 2.75) is 32.9 Å². The van der Waals surface area contributed by atoms with Crippen LogP contribution in [0.2, 0.25) is 0 Å². The number of methoxy groups -OCH3 is 2. The Hall–Kier alpha value is -4.97. The predicted molar refractivity (Wildman–Crippen MR) is 164 cm³/mol. The van der Waals surface area contributed by atoms with E-state index in [0.29, 0.717) is 53.7 Å². The molecule has 0 aliphatic carbocycles. The summed E-state index contributed by atoms with van der Waals surface area (Å²) in [6, 6.07) is 15.1. The molecule has 0 radical (unpaired) electrons. The Labute approximate surface area is 257 Å². The van der Waals surface area contributed by atoms with Gasteiger partial charge in [-0.1, -0.05) is 36.4 Å². The number of aromatic nitrogens is 4. The summed E-state index contributed by atoms with van der Waals surface area (Å²) in [7, 11) is 3.14. The van der Waals surface area contributed by atoms with Crippen LogP contribution in [0.1, 0.15) is 44.8 Å². The van der Waals surface area contributed by atoms with Crippen molar-refractivity contribution in [3.63, 3.8) is 0 Å². The summed E-state index contributed by atoms with van der Waals surface area (Å²) >= 11 is 1.57. The van der Waals surface area contributed by atoms with Gasteiger partial charge >= 0.3 is 12.1 Å². The Morgan fingerprint density at radius 3 is 2.59 bits per heavy atom. The van der Waals surface area contributed by atoms with Crippen LogP contribution in [-0.2, 0) is 35.5 Å². The third kappa shape index (κ3) is 5.68. The molecule has 1 amide bonds. The first-order valence-corrected chi connectivity index (χ1v) is 15.0. The monoisotopic (exact) mass is 613 g/mol. The number of thiophene rings is 1. The first kappa shape index (κ1) is 29.1. The van der Waals surface area contributed by atoms with Crippen molar-refractivity contribution < 1.29 is 28.5 Å². The lowest BCUT2D eigenvalue weighted by Crippen LogP contribution is -2.35. The summed E-state index contributed by atoms with van der Waals surface area (Å²) in [5.74, 6) is 1.13. The van der Waals surface area contributed by atoms with Gasteiger partial charge in [-0.3, -0.25) is 5.10 Å². The van der Waals surface area contributed by atoms with Gasteiger partial charge in [0.25, 0.3) is 0 Å². The van der Waals surface area contributed by atoms with Crippen LogP contribution in [0.15, 0.2) is 54.9 Å². The summed E-state index contributed by atoms with van der Waals surface area (Å²) in [6.07, 6.45) is 1.90. The topological polar surface area (TPSA) is 129 Å². The number of amides is 1. The molecule has 0 saturated heterocycles. The smallest absolute Gasteiger partial charge is 0.410 e. The van der Waals surface area contributed by atoms with E-state index in [-0.39, 0.29) is 19.6 Å². The third-order valence-corrected chi connectivity index (χ3v) is 8.66. The first-order valence-electron chi connectivity index (χ1n) is 14.2. The van der Waals surface area contributed by atoms with Crippen LogP contribution < -0.4 is 9.47 Å². The number of esters is 1. The molecule has 0 unspecified atom stereocenters. The second-order valence-electron chi connectivity index (χ2n) is 10.1. The molecule has 6 rings (SSSR count). The quantitative estimate of drug-likeness (QED) is 0.212. The van der Waals surface area contributed by atoms with Gasteiger partial charge in [0.05, 0.1) is 45.0 Å². The lowest BCUT2D eigenvalue weighted by atomic mass is 9.91. The molecule has 0 atom stereocenters. The van der Waals surface area contributed by atoms with Crippen LogP contribution in [0.4, 0.5) is 4.79 Å². The molecule has 0 saturated carbocycles. The molecule has 3 aromatic heterocycles. The van der Waals surface area contributed by atoms with Gasteiger partial charge in [0.2, 0.25) is 0 Å². The number of nitrogens with one attached hydrogen (secondary N) is 1. The van der Waals surface area contributed by atoms with E-state index in [1.54, 1.807) is 43.4 Å². The summed E-state index contributed by atoms with van der Waals surface area (Å²) < 4.78 is 22.4. The summed E-state index contributed by atoms with van der Waals surface area (Å²) in [4.78, 5) is 39.8. The summed E-state index contributed by atoms with van der Waals surface area (Å²) in [5, 5.41) is 7.63. The molecule has 12 heteroatoms. The number of benzene rings is 2.